The van der Waals surface area contributed by atoms with E-state index in [1.165, 1.54) is 6.92 Å². The quantitative estimate of drug-likeness (QED) is 0.670. The first-order valence-electron chi connectivity index (χ1n) is 7.56. The van der Waals surface area contributed by atoms with Gasteiger partial charge in [0, 0.05) is 23.6 Å². The first kappa shape index (κ1) is 18.9. The Balaban J connectivity index is 1.83. The number of carbonyl (C=O) groups is 1. The summed E-state index contributed by atoms with van der Waals surface area (Å²) in [5.41, 5.74) is 1.77. The van der Waals surface area contributed by atoms with E-state index in [4.69, 9.17) is 0 Å². The van der Waals surface area contributed by atoms with Crippen molar-refractivity contribution in [2.45, 2.75) is 11.8 Å². The number of hydrogen-bond acceptors (Lipinski definition) is 5. The van der Waals surface area contributed by atoms with Crippen molar-refractivity contribution in [3.63, 3.8) is 0 Å². The van der Waals surface area contributed by atoms with Gasteiger partial charge >= 0.3 is 0 Å². The highest BCUT2D eigenvalue weighted by atomic mass is 32.2. The molecule has 1 aromatic heterocycles. The molecule has 0 aliphatic rings. The van der Waals surface area contributed by atoms with Crippen LogP contribution in [-0.2, 0) is 14.8 Å². The minimum atomic E-state index is -4.46. The zero-order valence-electron chi connectivity index (χ0n) is 13.9. The molecule has 2 aromatic carbocycles. The van der Waals surface area contributed by atoms with E-state index < -0.39 is 26.6 Å². The molecule has 140 valence electrons. The number of thiazole rings is 1. The van der Waals surface area contributed by atoms with Crippen LogP contribution in [0.2, 0.25) is 0 Å². The molecule has 0 atom stereocenters. The number of amides is 1. The Morgan fingerprint density at radius 1 is 1.07 bits per heavy atom. The summed E-state index contributed by atoms with van der Waals surface area (Å²) in [6.45, 7) is 1.39. The van der Waals surface area contributed by atoms with Gasteiger partial charge in [-0.25, -0.2) is 22.2 Å². The van der Waals surface area contributed by atoms with Gasteiger partial charge in [-0.05, 0) is 24.3 Å². The van der Waals surface area contributed by atoms with Crippen LogP contribution in [-0.4, -0.2) is 19.3 Å². The molecule has 0 radical (unpaired) electrons. The summed E-state index contributed by atoms with van der Waals surface area (Å²) in [7, 11) is -4.46. The van der Waals surface area contributed by atoms with Crippen LogP contribution in [0.1, 0.15) is 6.92 Å². The molecule has 27 heavy (non-hydrogen) atoms. The highest BCUT2D eigenvalue weighted by molar-refractivity contribution is 7.93. The van der Waals surface area contributed by atoms with Crippen molar-refractivity contribution in [3.8, 4) is 11.3 Å². The highest BCUT2D eigenvalue weighted by Gasteiger charge is 2.25. The van der Waals surface area contributed by atoms with Crippen molar-refractivity contribution < 1.29 is 22.0 Å². The summed E-state index contributed by atoms with van der Waals surface area (Å²) in [6, 6.07) is 9.56. The Bertz CT molecular complexity index is 1080. The molecular weight excluding hydrogens is 396 g/mol. The Labute approximate surface area is 157 Å². The molecule has 6 nitrogen and oxygen atoms in total. The van der Waals surface area contributed by atoms with Crippen LogP contribution >= 0.6 is 11.3 Å². The molecule has 2 N–H and O–H groups in total. The van der Waals surface area contributed by atoms with Crippen LogP contribution in [0.3, 0.4) is 0 Å². The molecule has 0 fully saturated rings. The molecule has 0 spiro atoms. The van der Waals surface area contributed by atoms with E-state index in [0.717, 1.165) is 29.5 Å². The average Bonchev–Trinajstić information content (AvgIpc) is 3.02. The molecule has 0 saturated carbocycles. The Morgan fingerprint density at radius 3 is 2.30 bits per heavy atom. The van der Waals surface area contributed by atoms with Crippen LogP contribution in [0.15, 0.2) is 52.7 Å². The largest absolute Gasteiger partial charge is 0.326 e. The normalized spacial score (nSPS) is 11.2. The van der Waals surface area contributed by atoms with Crippen molar-refractivity contribution in [2.75, 3.05) is 10.0 Å². The average molecular weight is 409 g/mol. The molecule has 0 bridgehead atoms. The highest BCUT2D eigenvalue weighted by Crippen LogP contribution is 2.28. The van der Waals surface area contributed by atoms with Gasteiger partial charge in [0.15, 0.2) is 10.0 Å². The lowest BCUT2D eigenvalue weighted by Gasteiger charge is -2.07. The molecule has 1 amide bonds. The van der Waals surface area contributed by atoms with Crippen LogP contribution in [0, 0.1) is 11.6 Å². The lowest BCUT2D eigenvalue weighted by molar-refractivity contribution is -0.114. The molecule has 0 aliphatic heterocycles. The van der Waals surface area contributed by atoms with E-state index in [1.54, 1.807) is 29.6 Å². The van der Waals surface area contributed by atoms with Crippen molar-refractivity contribution in [2.24, 2.45) is 0 Å². The van der Waals surface area contributed by atoms with Crippen molar-refractivity contribution in [1.82, 2.24) is 4.98 Å². The minimum Gasteiger partial charge on any atom is -0.326 e. The van der Waals surface area contributed by atoms with Crippen molar-refractivity contribution >= 4 is 38.1 Å². The van der Waals surface area contributed by atoms with Gasteiger partial charge in [0.2, 0.25) is 5.91 Å². The number of aromatic nitrogens is 1. The first-order chi connectivity index (χ1) is 12.8. The fraction of sp³-hybridized carbons (Fsp3) is 0.0588. The van der Waals surface area contributed by atoms with E-state index in [2.05, 4.69) is 15.0 Å². The number of halogens is 2. The summed E-state index contributed by atoms with van der Waals surface area (Å²) in [5, 5.41) is 4.20. The maximum Gasteiger partial charge on any atom is 0.269 e. The van der Waals surface area contributed by atoms with Gasteiger partial charge in [-0.2, -0.15) is 0 Å². The lowest BCUT2D eigenvalue weighted by Crippen LogP contribution is -2.16. The van der Waals surface area contributed by atoms with Gasteiger partial charge in [-0.3, -0.25) is 9.52 Å². The predicted octanol–water partition coefficient (Wildman–Crippen LogP) is 3.85. The second kappa shape index (κ2) is 7.41. The summed E-state index contributed by atoms with van der Waals surface area (Å²) < 4.78 is 54.1. The molecule has 10 heteroatoms. The van der Waals surface area contributed by atoms with Gasteiger partial charge in [0.25, 0.3) is 10.0 Å². The Hall–Kier alpha value is -2.85. The molecule has 3 rings (SSSR count). The maximum absolute atomic E-state index is 13.7. The summed E-state index contributed by atoms with van der Waals surface area (Å²) in [4.78, 5) is 14.1. The minimum absolute atomic E-state index is 0.0291. The number of carbonyl (C=O) groups excluding carboxylic acids is 1. The fourth-order valence-corrected chi connectivity index (χ4v) is 4.40. The summed E-state index contributed by atoms with van der Waals surface area (Å²) >= 11 is 0.976. The van der Waals surface area contributed by atoms with E-state index in [9.17, 15) is 22.0 Å². The Kier molecular flexibility index (Phi) is 5.19. The molecule has 0 saturated heterocycles. The fourth-order valence-electron chi connectivity index (χ4n) is 2.29. The zero-order chi connectivity index (χ0) is 19.6. The van der Waals surface area contributed by atoms with E-state index in [-0.39, 0.29) is 11.0 Å². The standard InChI is InChI=1S/C17H13F2N3O3S2/c1-10(23)20-12-7-5-11(6-8-12)15-9-26-17(21-15)22-27(24,25)16-13(18)3-2-4-14(16)19/h2-9H,1H3,(H,20,23)(H,21,22). The van der Waals surface area contributed by atoms with Crippen molar-refractivity contribution in [1.29, 1.82) is 0 Å². The Morgan fingerprint density at radius 2 is 1.70 bits per heavy atom. The van der Waals surface area contributed by atoms with Crippen LogP contribution in [0.25, 0.3) is 11.3 Å². The van der Waals surface area contributed by atoms with E-state index >= 15 is 0 Å². The molecular formula is C17H13F2N3O3S2. The van der Waals surface area contributed by atoms with Gasteiger partial charge in [0.1, 0.15) is 11.6 Å². The summed E-state index contributed by atoms with van der Waals surface area (Å²) in [6.07, 6.45) is 0. The van der Waals surface area contributed by atoms with Gasteiger partial charge < -0.3 is 5.32 Å². The second-order valence-electron chi connectivity index (χ2n) is 5.45. The zero-order valence-corrected chi connectivity index (χ0v) is 15.5. The van der Waals surface area contributed by atoms with E-state index in [0.29, 0.717) is 16.9 Å². The number of nitrogens with one attached hydrogen (secondary N) is 2. The SMILES string of the molecule is CC(=O)Nc1ccc(-c2csc(NS(=O)(=O)c3c(F)cccc3F)n2)cc1. The number of rotatable bonds is 5. The number of nitrogens with zero attached hydrogens (tertiary/aromatic N) is 1. The second-order valence-corrected chi connectivity index (χ2v) is 7.93. The number of hydrogen-bond donors (Lipinski definition) is 2. The topological polar surface area (TPSA) is 88.2 Å². The summed E-state index contributed by atoms with van der Waals surface area (Å²) in [5.74, 6) is -2.57. The molecule has 0 unspecified atom stereocenters. The number of sulfonamides is 1. The predicted molar refractivity (Wildman–Crippen MR) is 99.0 cm³/mol. The van der Waals surface area contributed by atoms with Crippen LogP contribution in [0.5, 0.6) is 0 Å². The molecule has 0 aliphatic carbocycles. The van der Waals surface area contributed by atoms with E-state index in [1.807, 2.05) is 0 Å². The van der Waals surface area contributed by atoms with Gasteiger partial charge in [-0.15, -0.1) is 11.3 Å². The molecule has 3 aromatic rings. The van der Waals surface area contributed by atoms with Crippen molar-refractivity contribution in [3.05, 3.63) is 59.5 Å². The van der Waals surface area contributed by atoms with Gasteiger partial charge in [0.05, 0.1) is 5.69 Å². The third kappa shape index (κ3) is 4.29. The maximum atomic E-state index is 13.7. The van der Waals surface area contributed by atoms with Crippen LogP contribution in [0.4, 0.5) is 19.6 Å². The monoisotopic (exact) mass is 409 g/mol. The first-order valence-corrected chi connectivity index (χ1v) is 9.93. The molecule has 1 heterocycles. The third-order valence-electron chi connectivity index (χ3n) is 3.41. The third-order valence-corrected chi connectivity index (χ3v) is 5.69. The van der Waals surface area contributed by atoms with Crippen LogP contribution < -0.4 is 10.0 Å². The van der Waals surface area contributed by atoms with Gasteiger partial charge in [-0.1, -0.05) is 18.2 Å². The number of anilines is 2. The number of benzene rings is 2. The lowest BCUT2D eigenvalue weighted by atomic mass is 10.1. The smallest absolute Gasteiger partial charge is 0.269 e.